The Hall–Kier alpha value is -2.56. The molecule has 0 spiro atoms. The van der Waals surface area contributed by atoms with E-state index < -0.39 is 0 Å². The number of hydrogen-bond donors (Lipinski definition) is 2. The van der Waals surface area contributed by atoms with Crippen molar-refractivity contribution >= 4 is 11.6 Å². The lowest BCUT2D eigenvalue weighted by molar-refractivity contribution is 0.0950. The molecule has 0 radical (unpaired) electrons. The maximum atomic E-state index is 12.0. The van der Waals surface area contributed by atoms with Gasteiger partial charge in [-0.15, -0.1) is 0 Å². The lowest BCUT2D eigenvalue weighted by Crippen LogP contribution is -2.22. The van der Waals surface area contributed by atoms with Crippen molar-refractivity contribution in [2.24, 2.45) is 0 Å². The average molecular weight is 257 g/mol. The number of nitrogens with one attached hydrogen (secondary N) is 1. The number of hydrogen-bond acceptors (Lipinski definition) is 4. The minimum absolute atomic E-state index is 0.171. The highest BCUT2D eigenvalue weighted by Crippen LogP contribution is 2.22. The van der Waals surface area contributed by atoms with Gasteiger partial charge in [0.2, 0.25) is 0 Å². The van der Waals surface area contributed by atoms with Gasteiger partial charge in [0.05, 0.1) is 12.8 Å². The topological polar surface area (TPSA) is 77.2 Å². The van der Waals surface area contributed by atoms with E-state index >= 15 is 0 Å². The van der Waals surface area contributed by atoms with Gasteiger partial charge in [0.25, 0.3) is 5.91 Å². The number of ether oxygens (including phenoxy) is 1. The molecular weight excluding hydrogens is 242 g/mol. The molecule has 0 fully saturated rings. The SMILES string of the molecule is COc1cc(C(=O)NCc2ccncc2)ccc1N. The summed E-state index contributed by atoms with van der Waals surface area (Å²) >= 11 is 0. The summed E-state index contributed by atoms with van der Waals surface area (Å²) in [4.78, 5) is 15.9. The molecule has 1 heterocycles. The molecule has 0 aliphatic heterocycles. The van der Waals surface area contributed by atoms with Crippen LogP contribution >= 0.6 is 0 Å². The third-order valence-corrected chi connectivity index (χ3v) is 2.70. The molecule has 2 rings (SSSR count). The van der Waals surface area contributed by atoms with Crippen molar-refractivity contribution in [1.82, 2.24) is 10.3 Å². The van der Waals surface area contributed by atoms with Gasteiger partial charge in [-0.1, -0.05) is 0 Å². The van der Waals surface area contributed by atoms with Crippen molar-refractivity contribution in [1.29, 1.82) is 0 Å². The van der Waals surface area contributed by atoms with Crippen LogP contribution in [0.4, 0.5) is 5.69 Å². The van der Waals surface area contributed by atoms with Crippen LogP contribution in [0.25, 0.3) is 0 Å². The first-order chi connectivity index (χ1) is 9.20. The number of rotatable bonds is 4. The Labute approximate surface area is 111 Å². The zero-order chi connectivity index (χ0) is 13.7. The van der Waals surface area contributed by atoms with Crippen molar-refractivity contribution < 1.29 is 9.53 Å². The standard InChI is InChI=1S/C14H15N3O2/c1-19-13-8-11(2-3-12(13)15)14(18)17-9-10-4-6-16-7-5-10/h2-8H,9,15H2,1H3,(H,17,18). The van der Waals surface area contributed by atoms with Crippen LogP contribution in [0.3, 0.4) is 0 Å². The van der Waals surface area contributed by atoms with Crippen LogP contribution in [0.2, 0.25) is 0 Å². The molecule has 3 N–H and O–H groups in total. The molecule has 5 nitrogen and oxygen atoms in total. The van der Waals surface area contributed by atoms with E-state index in [0.717, 1.165) is 5.56 Å². The van der Waals surface area contributed by atoms with Gasteiger partial charge in [0.1, 0.15) is 5.75 Å². The smallest absolute Gasteiger partial charge is 0.251 e. The predicted molar refractivity (Wildman–Crippen MR) is 72.8 cm³/mol. The molecule has 19 heavy (non-hydrogen) atoms. The van der Waals surface area contributed by atoms with E-state index in [1.54, 1.807) is 30.6 Å². The van der Waals surface area contributed by atoms with Gasteiger partial charge in [0.15, 0.2) is 0 Å². The number of nitrogens with zero attached hydrogens (tertiary/aromatic N) is 1. The molecule has 0 saturated carbocycles. The fourth-order valence-corrected chi connectivity index (χ4v) is 1.64. The summed E-state index contributed by atoms with van der Waals surface area (Å²) in [6.45, 7) is 0.452. The molecule has 0 saturated heterocycles. The van der Waals surface area contributed by atoms with Crippen molar-refractivity contribution in [3.63, 3.8) is 0 Å². The average Bonchev–Trinajstić information content (AvgIpc) is 2.46. The second-order valence-electron chi connectivity index (χ2n) is 3.99. The van der Waals surface area contributed by atoms with E-state index in [0.29, 0.717) is 23.5 Å². The molecule has 0 aliphatic carbocycles. The van der Waals surface area contributed by atoms with E-state index in [1.165, 1.54) is 7.11 Å². The van der Waals surface area contributed by atoms with E-state index in [1.807, 2.05) is 12.1 Å². The maximum Gasteiger partial charge on any atom is 0.251 e. The van der Waals surface area contributed by atoms with Crippen molar-refractivity contribution in [2.75, 3.05) is 12.8 Å². The summed E-state index contributed by atoms with van der Waals surface area (Å²) in [5.74, 6) is 0.326. The van der Waals surface area contributed by atoms with Crippen LogP contribution in [0.5, 0.6) is 5.75 Å². The van der Waals surface area contributed by atoms with Gasteiger partial charge < -0.3 is 15.8 Å². The monoisotopic (exact) mass is 257 g/mol. The van der Waals surface area contributed by atoms with Crippen LogP contribution in [-0.4, -0.2) is 18.0 Å². The van der Waals surface area contributed by atoms with Gasteiger partial charge in [0, 0.05) is 24.5 Å². The van der Waals surface area contributed by atoms with Crippen molar-refractivity contribution in [3.8, 4) is 5.75 Å². The third-order valence-electron chi connectivity index (χ3n) is 2.70. The summed E-state index contributed by atoms with van der Waals surface area (Å²) in [7, 11) is 1.52. The van der Waals surface area contributed by atoms with E-state index in [2.05, 4.69) is 10.3 Å². The number of methoxy groups -OCH3 is 1. The number of nitrogens with two attached hydrogens (primary N) is 1. The Morgan fingerprint density at radius 2 is 2.05 bits per heavy atom. The highest BCUT2D eigenvalue weighted by molar-refractivity contribution is 5.95. The molecule has 1 amide bonds. The summed E-state index contributed by atoms with van der Waals surface area (Å²) in [6, 6.07) is 8.64. The number of anilines is 1. The minimum atomic E-state index is -0.171. The van der Waals surface area contributed by atoms with Crippen LogP contribution in [0.15, 0.2) is 42.7 Å². The highest BCUT2D eigenvalue weighted by Gasteiger charge is 2.08. The third kappa shape index (κ3) is 3.22. The number of amides is 1. The first-order valence-corrected chi connectivity index (χ1v) is 5.81. The summed E-state index contributed by atoms with van der Waals surface area (Å²) in [6.07, 6.45) is 3.38. The number of benzene rings is 1. The largest absolute Gasteiger partial charge is 0.495 e. The van der Waals surface area contributed by atoms with Gasteiger partial charge in [-0.05, 0) is 35.9 Å². The van der Waals surface area contributed by atoms with Crippen LogP contribution < -0.4 is 15.8 Å². The fourth-order valence-electron chi connectivity index (χ4n) is 1.64. The van der Waals surface area contributed by atoms with E-state index in [9.17, 15) is 4.79 Å². The molecule has 5 heteroatoms. The molecule has 0 atom stereocenters. The fraction of sp³-hybridized carbons (Fsp3) is 0.143. The zero-order valence-electron chi connectivity index (χ0n) is 10.6. The molecule has 0 aliphatic rings. The molecule has 98 valence electrons. The quantitative estimate of drug-likeness (QED) is 0.816. The van der Waals surface area contributed by atoms with Gasteiger partial charge in [-0.3, -0.25) is 9.78 Å². The van der Waals surface area contributed by atoms with Gasteiger partial charge in [-0.25, -0.2) is 0 Å². The molecule has 1 aromatic carbocycles. The van der Waals surface area contributed by atoms with E-state index in [-0.39, 0.29) is 5.91 Å². The van der Waals surface area contributed by atoms with Crippen molar-refractivity contribution in [3.05, 3.63) is 53.9 Å². The van der Waals surface area contributed by atoms with Crippen LogP contribution in [0, 0.1) is 0 Å². The second kappa shape index (κ2) is 5.86. The number of carbonyl (C=O) groups is 1. The Balaban J connectivity index is 2.04. The Bertz CT molecular complexity index is 570. The maximum absolute atomic E-state index is 12.0. The number of carbonyl (C=O) groups excluding carboxylic acids is 1. The lowest BCUT2D eigenvalue weighted by Gasteiger charge is -2.08. The molecule has 1 aromatic heterocycles. The number of pyridine rings is 1. The Kier molecular flexibility index (Phi) is 3.97. The van der Waals surface area contributed by atoms with Gasteiger partial charge in [-0.2, -0.15) is 0 Å². The normalized spacial score (nSPS) is 9.95. The summed E-state index contributed by atoms with van der Waals surface area (Å²) in [5.41, 5.74) is 7.71. The Morgan fingerprint density at radius 1 is 1.32 bits per heavy atom. The van der Waals surface area contributed by atoms with Crippen LogP contribution in [0.1, 0.15) is 15.9 Å². The number of nitrogen functional groups attached to an aromatic ring is 1. The first kappa shape index (κ1) is 12.9. The second-order valence-corrected chi connectivity index (χ2v) is 3.99. The summed E-state index contributed by atoms with van der Waals surface area (Å²) < 4.78 is 5.09. The minimum Gasteiger partial charge on any atom is -0.495 e. The van der Waals surface area contributed by atoms with Crippen molar-refractivity contribution in [2.45, 2.75) is 6.54 Å². The summed E-state index contributed by atoms with van der Waals surface area (Å²) in [5, 5.41) is 2.82. The van der Waals surface area contributed by atoms with Crippen LogP contribution in [-0.2, 0) is 6.54 Å². The molecule has 0 unspecified atom stereocenters. The van der Waals surface area contributed by atoms with Gasteiger partial charge >= 0.3 is 0 Å². The molecule has 0 bridgehead atoms. The lowest BCUT2D eigenvalue weighted by atomic mass is 10.1. The number of aromatic nitrogens is 1. The van der Waals surface area contributed by atoms with E-state index in [4.69, 9.17) is 10.5 Å². The molecular formula is C14H15N3O2. The predicted octanol–water partition coefficient (Wildman–Crippen LogP) is 1.60. The molecule has 2 aromatic rings. The highest BCUT2D eigenvalue weighted by atomic mass is 16.5. The first-order valence-electron chi connectivity index (χ1n) is 5.81. The Morgan fingerprint density at radius 3 is 2.74 bits per heavy atom. The zero-order valence-corrected chi connectivity index (χ0v) is 10.6.